The van der Waals surface area contributed by atoms with E-state index in [-0.39, 0.29) is 24.7 Å². The number of nitrogens with zero attached hydrogens (tertiary/aromatic N) is 2. The number of rotatable bonds is 9. The Labute approximate surface area is 185 Å². The smallest absolute Gasteiger partial charge is 0.330 e. The second-order valence-electron chi connectivity index (χ2n) is 7.04. The van der Waals surface area contributed by atoms with Gasteiger partial charge in [0.05, 0.1) is 6.61 Å². The molecule has 0 radical (unpaired) electrons. The molecule has 3 aromatic rings. The summed E-state index contributed by atoms with van der Waals surface area (Å²) in [5.41, 5.74) is 5.03. The molecule has 0 saturated heterocycles. The van der Waals surface area contributed by atoms with Crippen LogP contribution >= 0.6 is 0 Å². The molecule has 0 spiro atoms. The first kappa shape index (κ1) is 22.8. The molecular weight excluding hydrogens is 412 g/mol. The standard InChI is InChI=1S/C23H26N4O5/c1-3-12-27-20(24)19(21(28)25-23(27)30)26(13-14-31-2)22(29)16-8-7-11-18(15-16)32-17-9-5-4-6-10-17/h4-11,15H,3,12-14,24H2,1-2H3,(H,25,28,30). The molecule has 9 heteroatoms. The molecule has 9 nitrogen and oxygen atoms in total. The van der Waals surface area contributed by atoms with Gasteiger partial charge in [-0.1, -0.05) is 31.2 Å². The highest BCUT2D eigenvalue weighted by molar-refractivity contribution is 6.07. The van der Waals surface area contributed by atoms with Gasteiger partial charge in [0.1, 0.15) is 17.3 Å². The Morgan fingerprint density at radius 3 is 2.50 bits per heavy atom. The summed E-state index contributed by atoms with van der Waals surface area (Å²) < 4.78 is 12.2. The lowest BCUT2D eigenvalue weighted by molar-refractivity contribution is 0.0975. The molecule has 2 aromatic carbocycles. The minimum absolute atomic E-state index is 0.0662. The van der Waals surface area contributed by atoms with Gasteiger partial charge in [-0.05, 0) is 36.8 Å². The zero-order valence-corrected chi connectivity index (χ0v) is 18.0. The van der Waals surface area contributed by atoms with Crippen molar-refractivity contribution in [3.63, 3.8) is 0 Å². The number of carbonyl (C=O) groups excluding carboxylic acids is 1. The van der Waals surface area contributed by atoms with E-state index >= 15 is 0 Å². The number of carbonyl (C=O) groups is 1. The molecule has 32 heavy (non-hydrogen) atoms. The summed E-state index contributed by atoms with van der Waals surface area (Å²) in [4.78, 5) is 41.8. The molecule has 0 atom stereocenters. The highest BCUT2D eigenvalue weighted by Crippen LogP contribution is 2.24. The van der Waals surface area contributed by atoms with Gasteiger partial charge in [-0.15, -0.1) is 0 Å². The monoisotopic (exact) mass is 438 g/mol. The summed E-state index contributed by atoms with van der Waals surface area (Å²) in [5.74, 6) is 0.549. The molecule has 0 fully saturated rings. The number of anilines is 2. The minimum atomic E-state index is -0.735. The van der Waals surface area contributed by atoms with Gasteiger partial charge in [0.15, 0.2) is 5.69 Å². The van der Waals surface area contributed by atoms with E-state index in [1.807, 2.05) is 25.1 Å². The molecular formula is C23H26N4O5. The van der Waals surface area contributed by atoms with Crippen molar-refractivity contribution < 1.29 is 14.3 Å². The van der Waals surface area contributed by atoms with Crippen molar-refractivity contribution in [2.24, 2.45) is 0 Å². The van der Waals surface area contributed by atoms with Gasteiger partial charge >= 0.3 is 5.69 Å². The van der Waals surface area contributed by atoms with Crippen molar-refractivity contribution in [3.8, 4) is 11.5 Å². The molecule has 0 aliphatic rings. The van der Waals surface area contributed by atoms with Crippen LogP contribution in [0.15, 0.2) is 64.2 Å². The number of para-hydroxylation sites is 1. The molecule has 0 aliphatic heterocycles. The van der Waals surface area contributed by atoms with Gasteiger partial charge in [0.2, 0.25) is 0 Å². The first-order chi connectivity index (χ1) is 15.5. The maximum absolute atomic E-state index is 13.4. The summed E-state index contributed by atoms with van der Waals surface area (Å²) in [7, 11) is 1.49. The number of hydrogen-bond donors (Lipinski definition) is 2. The molecule has 3 N–H and O–H groups in total. The second-order valence-corrected chi connectivity index (χ2v) is 7.04. The van der Waals surface area contributed by atoms with E-state index in [1.54, 1.807) is 36.4 Å². The zero-order chi connectivity index (χ0) is 23.1. The van der Waals surface area contributed by atoms with E-state index < -0.39 is 17.2 Å². The van der Waals surface area contributed by atoms with Gasteiger partial charge in [0.25, 0.3) is 11.5 Å². The lowest BCUT2D eigenvalue weighted by atomic mass is 10.1. The third-order valence-electron chi connectivity index (χ3n) is 4.76. The van der Waals surface area contributed by atoms with Crippen LogP contribution in [0.25, 0.3) is 0 Å². The summed E-state index contributed by atoms with van der Waals surface area (Å²) >= 11 is 0. The molecule has 0 bridgehead atoms. The molecule has 1 amide bonds. The number of amides is 1. The van der Waals surface area contributed by atoms with Crippen LogP contribution in [0.5, 0.6) is 11.5 Å². The van der Waals surface area contributed by atoms with Crippen molar-refractivity contribution in [3.05, 3.63) is 81.0 Å². The Hall–Kier alpha value is -3.85. The number of nitrogen functional groups attached to an aromatic ring is 1. The van der Waals surface area contributed by atoms with Crippen LogP contribution in [0.2, 0.25) is 0 Å². The van der Waals surface area contributed by atoms with Gasteiger partial charge in [-0.3, -0.25) is 24.0 Å². The number of methoxy groups -OCH3 is 1. The van der Waals surface area contributed by atoms with Crippen LogP contribution < -0.4 is 26.6 Å². The summed E-state index contributed by atoms with van der Waals surface area (Å²) in [6.45, 7) is 2.42. The quantitative estimate of drug-likeness (QED) is 0.530. The van der Waals surface area contributed by atoms with E-state index in [9.17, 15) is 14.4 Å². The first-order valence-electron chi connectivity index (χ1n) is 10.2. The average Bonchev–Trinajstić information content (AvgIpc) is 2.79. The van der Waals surface area contributed by atoms with Crippen molar-refractivity contribution in [2.75, 3.05) is 30.9 Å². The summed E-state index contributed by atoms with van der Waals surface area (Å²) in [6.07, 6.45) is 0.625. The SMILES string of the molecule is CCCn1c(N)c(N(CCOC)C(=O)c2cccc(Oc3ccccc3)c2)c(=O)[nH]c1=O. The minimum Gasteiger partial charge on any atom is -0.457 e. The van der Waals surface area contributed by atoms with E-state index in [0.717, 1.165) is 0 Å². The van der Waals surface area contributed by atoms with E-state index in [1.165, 1.54) is 16.6 Å². The van der Waals surface area contributed by atoms with Crippen LogP contribution in [0, 0.1) is 0 Å². The second kappa shape index (κ2) is 10.5. The van der Waals surface area contributed by atoms with Gasteiger partial charge in [-0.25, -0.2) is 4.79 Å². The Bertz CT molecular complexity index is 1190. The Kier molecular flexibility index (Phi) is 7.45. The normalized spacial score (nSPS) is 10.7. The number of aromatic nitrogens is 2. The van der Waals surface area contributed by atoms with Gasteiger partial charge in [-0.2, -0.15) is 0 Å². The fourth-order valence-corrected chi connectivity index (χ4v) is 3.25. The fourth-order valence-electron chi connectivity index (χ4n) is 3.25. The van der Waals surface area contributed by atoms with Crippen LogP contribution in [-0.4, -0.2) is 35.7 Å². The number of nitrogens with two attached hydrogens (primary N) is 1. The topological polar surface area (TPSA) is 120 Å². The third kappa shape index (κ3) is 5.06. The lowest BCUT2D eigenvalue weighted by Gasteiger charge is -2.24. The maximum Gasteiger partial charge on any atom is 0.330 e. The van der Waals surface area contributed by atoms with Gasteiger partial charge < -0.3 is 15.2 Å². The Morgan fingerprint density at radius 2 is 1.81 bits per heavy atom. The largest absolute Gasteiger partial charge is 0.457 e. The molecule has 0 unspecified atom stereocenters. The van der Waals surface area contributed by atoms with Crippen molar-refractivity contribution in [1.29, 1.82) is 0 Å². The Balaban J connectivity index is 2.01. The van der Waals surface area contributed by atoms with E-state index in [2.05, 4.69) is 4.98 Å². The van der Waals surface area contributed by atoms with Crippen LogP contribution in [0.4, 0.5) is 11.5 Å². The van der Waals surface area contributed by atoms with E-state index in [0.29, 0.717) is 30.0 Å². The number of benzene rings is 2. The molecule has 0 aliphatic carbocycles. The highest BCUT2D eigenvalue weighted by atomic mass is 16.5. The van der Waals surface area contributed by atoms with Crippen molar-refractivity contribution in [1.82, 2.24) is 9.55 Å². The van der Waals surface area contributed by atoms with Crippen LogP contribution in [-0.2, 0) is 11.3 Å². The number of hydrogen-bond acceptors (Lipinski definition) is 6. The molecule has 1 aromatic heterocycles. The van der Waals surface area contributed by atoms with Crippen molar-refractivity contribution in [2.45, 2.75) is 19.9 Å². The number of nitrogens with one attached hydrogen (secondary N) is 1. The van der Waals surface area contributed by atoms with Gasteiger partial charge in [0, 0.05) is 25.8 Å². The van der Waals surface area contributed by atoms with E-state index in [4.69, 9.17) is 15.2 Å². The van der Waals surface area contributed by atoms with Crippen molar-refractivity contribution >= 4 is 17.4 Å². The fraction of sp³-hybridized carbons (Fsp3) is 0.261. The third-order valence-corrected chi connectivity index (χ3v) is 4.76. The molecule has 1 heterocycles. The first-order valence-corrected chi connectivity index (χ1v) is 10.2. The molecule has 0 saturated carbocycles. The lowest BCUT2D eigenvalue weighted by Crippen LogP contribution is -2.42. The Morgan fingerprint density at radius 1 is 1.09 bits per heavy atom. The predicted molar refractivity (Wildman–Crippen MR) is 123 cm³/mol. The zero-order valence-electron chi connectivity index (χ0n) is 18.0. The average molecular weight is 438 g/mol. The summed E-state index contributed by atoms with van der Waals surface area (Å²) in [6, 6.07) is 15.8. The number of aromatic amines is 1. The predicted octanol–water partition coefficient (Wildman–Crippen LogP) is 2.61. The highest BCUT2D eigenvalue weighted by Gasteiger charge is 2.25. The number of H-pyrrole nitrogens is 1. The van der Waals surface area contributed by atoms with Crippen LogP contribution in [0.1, 0.15) is 23.7 Å². The molecule has 3 rings (SSSR count). The maximum atomic E-state index is 13.4. The summed E-state index contributed by atoms with van der Waals surface area (Å²) in [5, 5.41) is 0. The van der Waals surface area contributed by atoms with Crippen LogP contribution in [0.3, 0.4) is 0 Å². The number of ether oxygens (including phenoxy) is 2. The molecule has 168 valence electrons.